The highest BCUT2D eigenvalue weighted by Gasteiger charge is 2.45. The van der Waals surface area contributed by atoms with Crippen LogP contribution in [0.4, 0.5) is 0 Å². The number of aromatic amines is 1. The van der Waals surface area contributed by atoms with Crippen LogP contribution in [0.5, 0.6) is 0 Å². The van der Waals surface area contributed by atoms with E-state index in [1.807, 2.05) is 0 Å². The third kappa shape index (κ3) is 7.14. The number of aliphatic hydroxyl groups excluding tert-OH is 2. The average Bonchev–Trinajstić information content (AvgIpc) is 2.92. The maximum Gasteiger partial charge on any atom is 0.331 e. The second-order valence-corrected chi connectivity index (χ2v) is 9.07. The summed E-state index contributed by atoms with van der Waals surface area (Å²) in [6, 6.07) is 0. The Labute approximate surface area is 177 Å². The van der Waals surface area contributed by atoms with Crippen LogP contribution in [0.1, 0.15) is 12.0 Å². The summed E-state index contributed by atoms with van der Waals surface area (Å²) < 4.78 is 18.8. The Hall–Kier alpha value is -0.790. The number of aryl methyl sites for hydroxylation is 1. The summed E-state index contributed by atoms with van der Waals surface area (Å²) in [7, 11) is -3.14. The van der Waals surface area contributed by atoms with Crippen LogP contribution in [0.2, 0.25) is 0 Å². The summed E-state index contributed by atoms with van der Waals surface area (Å²) in [5.41, 5.74) is 15.4. The Morgan fingerprint density at radius 1 is 1.38 bits per heavy atom. The minimum Gasteiger partial charge on any atom is -0.394 e. The lowest BCUT2D eigenvalue weighted by atomic mass is 10.1. The van der Waals surface area contributed by atoms with E-state index < -0.39 is 43.5 Å². The van der Waals surface area contributed by atoms with E-state index in [1.54, 1.807) is 0 Å². The van der Waals surface area contributed by atoms with Crippen molar-refractivity contribution in [1.29, 1.82) is 0 Å². The molecular weight excluding hydrogens is 450 g/mol. The van der Waals surface area contributed by atoms with Crippen LogP contribution in [0, 0.1) is 6.92 Å². The van der Waals surface area contributed by atoms with Crippen molar-refractivity contribution < 1.29 is 19.5 Å². The third-order valence-corrected chi connectivity index (χ3v) is 5.74. The molecule has 3 atom stereocenters. The smallest absolute Gasteiger partial charge is 0.331 e. The number of rotatable bonds is 7. The van der Waals surface area contributed by atoms with Gasteiger partial charge in [0.25, 0.3) is 13.2 Å². The van der Waals surface area contributed by atoms with Crippen molar-refractivity contribution >= 4 is 30.8 Å². The van der Waals surface area contributed by atoms with Gasteiger partial charge in [0.05, 0.1) is 12.7 Å². The Morgan fingerprint density at radius 2 is 1.93 bits per heavy atom. The summed E-state index contributed by atoms with van der Waals surface area (Å²) >= 11 is 10.8. The molecule has 1 aromatic rings. The fourth-order valence-corrected chi connectivity index (χ4v) is 4.07. The zero-order chi connectivity index (χ0) is 22.4. The molecule has 1 aliphatic rings. The molecule has 168 valence electrons. The maximum atomic E-state index is 11.7. The number of nitrogens with one attached hydrogen (secondary N) is 1. The van der Waals surface area contributed by atoms with Crippen molar-refractivity contribution in [2.24, 2.45) is 16.7 Å². The normalized spacial score (nSPS) is 24.4. The maximum absolute atomic E-state index is 11.7. The lowest BCUT2D eigenvalue weighted by Crippen LogP contribution is -2.51. The number of nitrogens with two attached hydrogens (primary N) is 3. The third-order valence-electron chi connectivity index (χ3n) is 4.12. The molecule has 0 aliphatic carbocycles. The molecule has 2 heterocycles. The molecule has 2 rings (SSSR count). The van der Waals surface area contributed by atoms with Gasteiger partial charge in [0.15, 0.2) is 0 Å². The quantitative estimate of drug-likeness (QED) is 0.195. The van der Waals surface area contributed by atoms with Gasteiger partial charge in [-0.25, -0.2) is 9.46 Å². The van der Waals surface area contributed by atoms with Gasteiger partial charge in [0.2, 0.25) is 5.85 Å². The van der Waals surface area contributed by atoms with E-state index >= 15 is 0 Å². The van der Waals surface area contributed by atoms with Crippen molar-refractivity contribution in [2.45, 2.75) is 31.4 Å². The standard InChI is InChI=1S/C10H15N3O5.C4H12Cl2N3OP/c1-5-3-13(9(17)12-8(5)16)10(11)2-6(15)7(4-14)18-10;5-1-3-9(4-2-6)11(7,8)10/h3,6-7,14-15H,2,4,11H2,1H3,(H,12,16,17);1-4H2,(H4,7,8,10)/t6-,7+,10-;/m0./s1. The molecule has 1 aliphatic heterocycles. The molecule has 0 radical (unpaired) electrons. The van der Waals surface area contributed by atoms with Crippen molar-refractivity contribution in [3.8, 4) is 0 Å². The molecular formula is C14H27Cl2N6O6P. The lowest BCUT2D eigenvalue weighted by molar-refractivity contribution is -0.115. The molecule has 1 aromatic heterocycles. The number of halogens is 2. The van der Waals surface area contributed by atoms with Crippen molar-refractivity contribution in [3.63, 3.8) is 0 Å². The van der Waals surface area contributed by atoms with Gasteiger partial charge in [-0.3, -0.25) is 35.7 Å². The Balaban J connectivity index is 0.000000331. The van der Waals surface area contributed by atoms with Gasteiger partial charge < -0.3 is 14.9 Å². The fourth-order valence-electron chi connectivity index (χ4n) is 2.60. The molecule has 15 heteroatoms. The van der Waals surface area contributed by atoms with Gasteiger partial charge in [0, 0.05) is 43.0 Å². The molecule has 0 aromatic carbocycles. The predicted octanol–water partition coefficient (Wildman–Crippen LogP) is -1.65. The number of H-pyrrole nitrogens is 1. The van der Waals surface area contributed by atoms with Gasteiger partial charge in [0.1, 0.15) is 6.10 Å². The predicted molar refractivity (Wildman–Crippen MR) is 110 cm³/mol. The first-order valence-electron chi connectivity index (χ1n) is 8.52. The monoisotopic (exact) mass is 476 g/mol. The molecule has 0 bridgehead atoms. The number of hydrogen-bond donors (Lipinski definition) is 6. The summed E-state index contributed by atoms with van der Waals surface area (Å²) in [6.45, 7) is 1.92. The first-order valence-corrected chi connectivity index (χ1v) is 11.4. The van der Waals surface area contributed by atoms with E-state index in [9.17, 15) is 19.3 Å². The SMILES string of the molecule is Cc1cn([C@@]2(N)C[C@H](O)[C@@H](CO)O2)c(=O)[nH]c1=O.NP(N)(=O)N(CCCl)CCCl. The van der Waals surface area contributed by atoms with Gasteiger partial charge in [-0.2, -0.15) is 0 Å². The molecule has 9 N–H and O–H groups in total. The number of hydrogen-bond acceptors (Lipinski definition) is 7. The highest BCUT2D eigenvalue weighted by atomic mass is 35.5. The Kier molecular flexibility index (Phi) is 9.96. The molecule has 0 unspecified atom stereocenters. The highest BCUT2D eigenvalue weighted by molar-refractivity contribution is 7.56. The van der Waals surface area contributed by atoms with E-state index in [0.717, 1.165) is 4.57 Å². The van der Waals surface area contributed by atoms with E-state index in [2.05, 4.69) is 4.98 Å². The van der Waals surface area contributed by atoms with Crippen molar-refractivity contribution in [2.75, 3.05) is 31.5 Å². The van der Waals surface area contributed by atoms with E-state index in [0.29, 0.717) is 30.4 Å². The van der Waals surface area contributed by atoms with E-state index in [1.165, 1.54) is 17.8 Å². The second-order valence-electron chi connectivity index (χ2n) is 6.40. The van der Waals surface area contributed by atoms with Gasteiger partial charge in [-0.15, -0.1) is 23.2 Å². The fraction of sp³-hybridized carbons (Fsp3) is 0.714. The average molecular weight is 477 g/mol. The molecule has 0 amide bonds. The Morgan fingerprint density at radius 3 is 2.34 bits per heavy atom. The minimum absolute atomic E-state index is 0.0520. The number of ether oxygens (including phenoxy) is 1. The van der Waals surface area contributed by atoms with Gasteiger partial charge >= 0.3 is 5.69 Å². The molecule has 0 saturated carbocycles. The molecule has 29 heavy (non-hydrogen) atoms. The number of nitrogens with zero attached hydrogens (tertiary/aromatic N) is 2. The van der Waals surface area contributed by atoms with Crippen LogP contribution in [-0.4, -0.2) is 68.1 Å². The highest BCUT2D eigenvalue weighted by Crippen LogP contribution is 2.31. The molecule has 0 spiro atoms. The van der Waals surface area contributed by atoms with Crippen molar-refractivity contribution in [1.82, 2.24) is 14.2 Å². The van der Waals surface area contributed by atoms with E-state index in [-0.39, 0.29) is 6.42 Å². The summed E-state index contributed by atoms with van der Waals surface area (Å²) in [4.78, 5) is 25.1. The second kappa shape index (κ2) is 11.0. The topological polar surface area (TPSA) is 203 Å². The first kappa shape index (κ1) is 26.2. The largest absolute Gasteiger partial charge is 0.394 e. The molecule has 1 saturated heterocycles. The van der Waals surface area contributed by atoms with Gasteiger partial charge in [-0.05, 0) is 6.92 Å². The van der Waals surface area contributed by atoms with Gasteiger partial charge in [-0.1, -0.05) is 0 Å². The number of aliphatic hydroxyl groups is 2. The Bertz CT molecular complexity index is 826. The number of alkyl halides is 2. The van der Waals surface area contributed by atoms with Crippen LogP contribution < -0.4 is 28.0 Å². The van der Waals surface area contributed by atoms with Crippen LogP contribution in [0.3, 0.4) is 0 Å². The van der Waals surface area contributed by atoms with Crippen LogP contribution in [0.25, 0.3) is 0 Å². The summed E-state index contributed by atoms with van der Waals surface area (Å²) in [5, 5.41) is 18.6. The van der Waals surface area contributed by atoms with E-state index in [4.69, 9.17) is 49.8 Å². The molecule has 1 fully saturated rings. The number of aromatic nitrogens is 2. The van der Waals surface area contributed by atoms with Crippen LogP contribution in [0.15, 0.2) is 15.8 Å². The lowest BCUT2D eigenvalue weighted by Gasteiger charge is -2.26. The zero-order valence-electron chi connectivity index (χ0n) is 15.8. The van der Waals surface area contributed by atoms with Crippen molar-refractivity contribution in [3.05, 3.63) is 32.6 Å². The molecule has 12 nitrogen and oxygen atoms in total. The summed E-state index contributed by atoms with van der Waals surface area (Å²) in [6.07, 6.45) is -0.606. The zero-order valence-corrected chi connectivity index (χ0v) is 18.2. The van der Waals surface area contributed by atoms with Crippen LogP contribution >= 0.6 is 30.8 Å². The van der Waals surface area contributed by atoms with Crippen LogP contribution in [-0.2, 0) is 15.2 Å². The summed E-state index contributed by atoms with van der Waals surface area (Å²) in [5.74, 6) is -0.886. The first-order chi connectivity index (χ1) is 13.4. The minimum atomic E-state index is -3.14.